The van der Waals surface area contributed by atoms with Gasteiger partial charge in [0.1, 0.15) is 6.61 Å². The number of aliphatic hydroxyl groups excluding tert-OH is 1. The molecule has 0 atom stereocenters. The molecule has 0 aromatic rings. The van der Waals surface area contributed by atoms with Crippen molar-refractivity contribution < 1.29 is 71.4 Å². The number of aliphatic hydroxyl groups is 2. The standard InChI is InChI=1S/C3H7NO3S.CH3NOS.K/c4-3(8)7-1-2(5)6;2-1(3)4;/h2,5-6H,1H2,(H2,4,8);(H3,2,3,4);/q;;+1/p-1. The van der Waals surface area contributed by atoms with E-state index in [0.717, 1.165) is 0 Å². The first kappa shape index (κ1) is 19.5. The van der Waals surface area contributed by atoms with E-state index in [1.54, 1.807) is 0 Å². The molecule has 0 heterocycles. The first-order valence-corrected chi connectivity index (χ1v) is 3.42. The fraction of sp³-hybridized carbons (Fsp3) is 0.500. The van der Waals surface area contributed by atoms with Crippen LogP contribution in [-0.2, 0) is 4.74 Å². The van der Waals surface area contributed by atoms with Crippen molar-refractivity contribution in [2.24, 2.45) is 11.5 Å². The molecule has 6 nitrogen and oxygen atoms in total. The van der Waals surface area contributed by atoms with Crippen LogP contribution in [0.1, 0.15) is 0 Å². The second kappa shape index (κ2) is 12.9. The Balaban J connectivity index is -0.000000173. The summed E-state index contributed by atoms with van der Waals surface area (Å²) in [5.74, 6) is 0. The first-order valence-electron chi connectivity index (χ1n) is 2.61. The molecule has 0 spiro atoms. The summed E-state index contributed by atoms with van der Waals surface area (Å²) in [4.78, 5) is 0. The van der Waals surface area contributed by atoms with Gasteiger partial charge in [-0.15, -0.1) is 0 Å². The molecule has 0 amide bonds. The van der Waals surface area contributed by atoms with Crippen molar-refractivity contribution in [2.45, 2.75) is 6.29 Å². The zero-order valence-corrected chi connectivity index (χ0v) is 11.7. The molecular weight excluding hydrogens is 243 g/mol. The van der Waals surface area contributed by atoms with Crippen LogP contribution in [0.3, 0.4) is 0 Å². The molecule has 13 heavy (non-hydrogen) atoms. The third-order valence-corrected chi connectivity index (χ3v) is 0.493. The number of hydrogen-bond donors (Lipinski definition) is 4. The van der Waals surface area contributed by atoms with Gasteiger partial charge in [-0.2, -0.15) is 0 Å². The molecule has 0 rings (SSSR count). The van der Waals surface area contributed by atoms with Crippen molar-refractivity contribution in [3.05, 3.63) is 0 Å². The van der Waals surface area contributed by atoms with Gasteiger partial charge in [0.2, 0.25) is 0 Å². The molecule has 0 aromatic carbocycles. The van der Waals surface area contributed by atoms with Crippen molar-refractivity contribution >= 4 is 34.8 Å². The Hall–Kier alpha value is 0.936. The topological polar surface area (TPSA) is 125 Å². The van der Waals surface area contributed by atoms with Crippen LogP contribution in [0.5, 0.6) is 0 Å². The largest absolute Gasteiger partial charge is 1.00 e. The van der Waals surface area contributed by atoms with Gasteiger partial charge in [0.05, 0.1) is 0 Å². The van der Waals surface area contributed by atoms with Crippen LogP contribution < -0.4 is 68.0 Å². The molecule has 0 unspecified atom stereocenters. The third-order valence-electron chi connectivity index (χ3n) is 0.375. The van der Waals surface area contributed by atoms with E-state index in [1.807, 2.05) is 0 Å². The summed E-state index contributed by atoms with van der Waals surface area (Å²) in [6.45, 7) is -0.269. The number of rotatable bonds is 2. The second-order valence-electron chi connectivity index (χ2n) is 1.43. The number of ether oxygens (including phenoxy) is 1. The summed E-state index contributed by atoms with van der Waals surface area (Å²) in [5.41, 5.74) is 9.11. The van der Waals surface area contributed by atoms with Gasteiger partial charge in [-0.1, -0.05) is 12.2 Å². The molecule has 6 N–H and O–H groups in total. The Morgan fingerprint density at radius 2 is 1.69 bits per heavy atom. The third kappa shape index (κ3) is 43.9. The van der Waals surface area contributed by atoms with E-state index < -0.39 is 11.5 Å². The molecule has 9 heteroatoms. The first-order chi connectivity index (χ1) is 5.36. The minimum atomic E-state index is -1.50. The fourth-order valence-electron chi connectivity index (χ4n) is 0.157. The zero-order valence-electron chi connectivity index (χ0n) is 6.97. The summed E-state index contributed by atoms with van der Waals surface area (Å²) >= 11 is 8.01. The van der Waals surface area contributed by atoms with E-state index in [0.29, 0.717) is 0 Å². The van der Waals surface area contributed by atoms with Gasteiger partial charge in [-0.05, 0) is 12.2 Å². The molecule has 0 radical (unpaired) electrons. The van der Waals surface area contributed by atoms with E-state index in [2.05, 4.69) is 34.9 Å². The zero-order chi connectivity index (χ0) is 10.1. The molecule has 0 saturated heterocycles. The van der Waals surface area contributed by atoms with E-state index >= 15 is 0 Å². The molecule has 72 valence electrons. The number of thiocarbonyl (C=S) groups is 2. The predicted molar refractivity (Wildman–Crippen MR) is 47.7 cm³/mol. The van der Waals surface area contributed by atoms with Crippen molar-refractivity contribution in [1.82, 2.24) is 0 Å². The van der Waals surface area contributed by atoms with Crippen LogP contribution >= 0.6 is 24.4 Å². The summed E-state index contributed by atoms with van der Waals surface area (Å²) in [7, 11) is 0. The summed E-state index contributed by atoms with van der Waals surface area (Å²) in [6.07, 6.45) is -1.50. The van der Waals surface area contributed by atoms with Crippen molar-refractivity contribution in [1.29, 1.82) is 0 Å². The van der Waals surface area contributed by atoms with Crippen molar-refractivity contribution in [3.8, 4) is 0 Å². The Labute approximate surface area is 129 Å². The molecular formula is C4H9KN2O4S2. The maximum Gasteiger partial charge on any atom is 1.00 e. The van der Waals surface area contributed by atoms with Gasteiger partial charge in [0.25, 0.3) is 5.17 Å². The molecule has 0 aliphatic carbocycles. The number of hydrogen-bond acceptors (Lipinski definition) is 6. The minimum absolute atomic E-state index is 0. The van der Waals surface area contributed by atoms with Gasteiger partial charge in [-0.3, -0.25) is 0 Å². The maximum atomic E-state index is 9.04. The minimum Gasteiger partial charge on any atom is -0.852 e. The van der Waals surface area contributed by atoms with Crippen LogP contribution in [0, 0.1) is 0 Å². The van der Waals surface area contributed by atoms with Crippen molar-refractivity contribution in [2.75, 3.05) is 6.61 Å². The quantitative estimate of drug-likeness (QED) is 0.218. The van der Waals surface area contributed by atoms with Crippen molar-refractivity contribution in [3.63, 3.8) is 0 Å². The molecule has 0 bridgehead atoms. The van der Waals surface area contributed by atoms with E-state index in [4.69, 9.17) is 21.1 Å². The summed E-state index contributed by atoms with van der Waals surface area (Å²) in [6, 6.07) is 0. The molecule has 0 fully saturated rings. The normalized spacial score (nSPS) is 7.62. The van der Waals surface area contributed by atoms with Crippen LogP contribution in [0.4, 0.5) is 0 Å². The van der Waals surface area contributed by atoms with Crippen LogP contribution in [0.25, 0.3) is 0 Å². The average molecular weight is 252 g/mol. The van der Waals surface area contributed by atoms with Crippen LogP contribution in [0.2, 0.25) is 0 Å². The Morgan fingerprint density at radius 3 is 1.77 bits per heavy atom. The Bertz CT molecular complexity index is 153. The molecule has 0 aliphatic rings. The molecule has 0 saturated carbocycles. The fourth-order valence-corrected chi connectivity index (χ4v) is 0.225. The Morgan fingerprint density at radius 1 is 1.38 bits per heavy atom. The summed E-state index contributed by atoms with van der Waals surface area (Å²) < 4.78 is 4.31. The smallest absolute Gasteiger partial charge is 0.852 e. The van der Waals surface area contributed by atoms with Gasteiger partial charge in [-0.25, -0.2) is 0 Å². The maximum absolute atomic E-state index is 9.04. The SMILES string of the molecule is NC(=S)OCC(O)O.NC([O-])=S.[K+]. The van der Waals surface area contributed by atoms with Gasteiger partial charge in [0.15, 0.2) is 6.29 Å². The summed E-state index contributed by atoms with van der Waals surface area (Å²) in [5, 5.41) is 24.3. The molecule has 0 aromatic heterocycles. The average Bonchev–Trinajstić information content (AvgIpc) is 1.82. The predicted octanol–water partition coefficient (Wildman–Crippen LogP) is -5.85. The monoisotopic (exact) mass is 252 g/mol. The van der Waals surface area contributed by atoms with E-state index in [9.17, 15) is 0 Å². The van der Waals surface area contributed by atoms with Crippen LogP contribution in [-0.4, -0.2) is 33.5 Å². The van der Waals surface area contributed by atoms with Gasteiger partial charge >= 0.3 is 51.4 Å². The second-order valence-corrected chi connectivity index (χ2v) is 2.23. The van der Waals surface area contributed by atoms with Gasteiger partial charge < -0.3 is 31.5 Å². The Kier molecular flexibility index (Phi) is 19.4. The van der Waals surface area contributed by atoms with E-state index in [-0.39, 0.29) is 63.2 Å². The van der Waals surface area contributed by atoms with Crippen LogP contribution in [0.15, 0.2) is 0 Å². The molecule has 0 aliphatic heterocycles. The van der Waals surface area contributed by atoms with E-state index in [1.165, 1.54) is 0 Å². The number of nitrogens with two attached hydrogens (primary N) is 2. The van der Waals surface area contributed by atoms with Gasteiger partial charge in [0, 0.05) is 5.17 Å².